The molecule has 154 valence electrons. The van der Waals surface area contributed by atoms with Gasteiger partial charge in [-0.2, -0.15) is 0 Å². The van der Waals surface area contributed by atoms with E-state index in [0.29, 0.717) is 35.0 Å². The van der Waals surface area contributed by atoms with Crippen LogP contribution in [0.4, 0.5) is 16.2 Å². The van der Waals surface area contributed by atoms with Crippen LogP contribution >= 0.6 is 0 Å². The Kier molecular flexibility index (Phi) is 5.68. The average Bonchev–Trinajstić information content (AvgIpc) is 2.65. The molecule has 0 aliphatic carbocycles. The number of hydrogen-bond acceptors (Lipinski definition) is 6. The van der Waals surface area contributed by atoms with Crippen molar-refractivity contribution in [2.45, 2.75) is 26.4 Å². The minimum atomic E-state index is -0.526. The Morgan fingerprint density at radius 2 is 1.76 bits per heavy atom. The van der Waals surface area contributed by atoms with Crippen LogP contribution in [0.25, 0.3) is 21.9 Å². The number of nitrogens with zero attached hydrogens (tertiary/aromatic N) is 1. The molecule has 3 aromatic rings. The third kappa shape index (κ3) is 4.80. The first kappa shape index (κ1) is 20.5. The van der Waals surface area contributed by atoms with Crippen LogP contribution in [-0.4, -0.2) is 38.9 Å². The van der Waals surface area contributed by atoms with Gasteiger partial charge in [0.15, 0.2) is 0 Å². The van der Waals surface area contributed by atoms with E-state index < -0.39 is 11.7 Å². The van der Waals surface area contributed by atoms with Crippen molar-refractivity contribution in [2.75, 3.05) is 37.4 Å². The molecule has 0 atom stereocenters. The molecular formula is C22H27N3O4. The number of benzene rings is 2. The molecule has 0 fully saturated rings. The van der Waals surface area contributed by atoms with Crippen molar-refractivity contribution >= 4 is 39.4 Å². The summed E-state index contributed by atoms with van der Waals surface area (Å²) >= 11 is 0. The molecule has 0 spiro atoms. The molecule has 2 aromatic carbocycles. The van der Waals surface area contributed by atoms with Gasteiger partial charge in [-0.25, -0.2) is 4.79 Å². The molecule has 29 heavy (non-hydrogen) atoms. The van der Waals surface area contributed by atoms with Gasteiger partial charge in [0.1, 0.15) is 16.8 Å². The van der Waals surface area contributed by atoms with Gasteiger partial charge in [-0.3, -0.25) is 4.79 Å². The molecule has 3 rings (SSSR count). The maximum Gasteiger partial charge on any atom is 0.407 e. The number of anilines is 2. The zero-order valence-corrected chi connectivity index (χ0v) is 17.5. The molecule has 1 heterocycles. The topological polar surface area (TPSA) is 83.8 Å². The second-order valence-electron chi connectivity index (χ2n) is 7.92. The lowest BCUT2D eigenvalue weighted by atomic mass is 10.1. The summed E-state index contributed by atoms with van der Waals surface area (Å²) in [6.45, 7) is 6.48. The van der Waals surface area contributed by atoms with Gasteiger partial charge in [-0.15, -0.1) is 0 Å². The number of alkyl carbamates (subject to hydrolysis) is 1. The van der Waals surface area contributed by atoms with E-state index in [0.717, 1.165) is 11.4 Å². The minimum Gasteiger partial charge on any atom is -0.456 e. The molecule has 0 saturated carbocycles. The quantitative estimate of drug-likeness (QED) is 0.634. The van der Waals surface area contributed by atoms with Crippen molar-refractivity contribution < 1.29 is 13.9 Å². The molecule has 1 aromatic heterocycles. The first-order valence-electron chi connectivity index (χ1n) is 9.54. The number of carbonyl (C=O) groups excluding carboxylic acids is 1. The van der Waals surface area contributed by atoms with E-state index >= 15 is 0 Å². The molecule has 0 aliphatic rings. The lowest BCUT2D eigenvalue weighted by Gasteiger charge is -2.22. The van der Waals surface area contributed by atoms with Gasteiger partial charge in [0.05, 0.1) is 10.8 Å². The number of nitrogens with one attached hydrogen (secondary N) is 2. The molecule has 0 radical (unpaired) electrons. The lowest BCUT2D eigenvalue weighted by molar-refractivity contribution is 0.0529. The van der Waals surface area contributed by atoms with Gasteiger partial charge in [0, 0.05) is 50.7 Å². The Balaban J connectivity index is 1.78. The highest BCUT2D eigenvalue weighted by atomic mass is 16.6. The number of ether oxygens (including phenoxy) is 1. The first-order valence-corrected chi connectivity index (χ1v) is 9.54. The van der Waals surface area contributed by atoms with Crippen LogP contribution in [0.1, 0.15) is 20.8 Å². The van der Waals surface area contributed by atoms with Crippen molar-refractivity contribution in [3.63, 3.8) is 0 Å². The monoisotopic (exact) mass is 397 g/mol. The first-order chi connectivity index (χ1) is 13.7. The van der Waals surface area contributed by atoms with Crippen LogP contribution in [0, 0.1) is 0 Å². The standard InChI is InChI=1S/C22H27N3O4/c1-22(2,3)29-21(27)24-10-11-25(5)15-7-9-17-19(13-15)28-18-12-14(23-4)6-8-16(18)20(17)26/h6-9,12-13,23H,10-11H2,1-5H3,(H,24,27). The summed E-state index contributed by atoms with van der Waals surface area (Å²) in [5.41, 5.74) is 2.25. The summed E-state index contributed by atoms with van der Waals surface area (Å²) < 4.78 is 11.2. The molecule has 1 amide bonds. The van der Waals surface area contributed by atoms with Crippen LogP contribution < -0.4 is 21.0 Å². The lowest BCUT2D eigenvalue weighted by Crippen LogP contribution is -2.37. The van der Waals surface area contributed by atoms with Gasteiger partial charge in [-0.1, -0.05) is 0 Å². The zero-order chi connectivity index (χ0) is 21.2. The van der Waals surface area contributed by atoms with E-state index in [1.54, 1.807) is 12.1 Å². The summed E-state index contributed by atoms with van der Waals surface area (Å²) in [7, 11) is 3.73. The molecule has 0 bridgehead atoms. The molecule has 7 heteroatoms. The minimum absolute atomic E-state index is 0.0512. The Bertz CT molecular complexity index is 1100. The Morgan fingerprint density at radius 3 is 2.41 bits per heavy atom. The van der Waals surface area contributed by atoms with Gasteiger partial charge in [0.2, 0.25) is 5.43 Å². The smallest absolute Gasteiger partial charge is 0.407 e. The number of likely N-dealkylation sites (N-methyl/N-ethyl adjacent to an activating group) is 1. The Hall–Kier alpha value is -3.22. The Morgan fingerprint density at radius 1 is 1.10 bits per heavy atom. The van der Waals surface area contributed by atoms with E-state index in [4.69, 9.17) is 9.15 Å². The van der Waals surface area contributed by atoms with E-state index in [1.807, 2.05) is 64.0 Å². The largest absolute Gasteiger partial charge is 0.456 e. The number of hydrogen-bond donors (Lipinski definition) is 2. The fraction of sp³-hybridized carbons (Fsp3) is 0.364. The van der Waals surface area contributed by atoms with E-state index in [1.165, 1.54) is 0 Å². The normalized spacial score (nSPS) is 11.5. The summed E-state index contributed by atoms with van der Waals surface area (Å²) in [5.74, 6) is 0. The average molecular weight is 397 g/mol. The summed E-state index contributed by atoms with van der Waals surface area (Å²) in [4.78, 5) is 26.5. The van der Waals surface area contributed by atoms with Crippen molar-refractivity contribution in [1.82, 2.24) is 5.32 Å². The van der Waals surface area contributed by atoms with Gasteiger partial charge in [0.25, 0.3) is 0 Å². The highest BCUT2D eigenvalue weighted by Gasteiger charge is 2.16. The fourth-order valence-electron chi connectivity index (χ4n) is 3.00. The van der Waals surface area contributed by atoms with E-state index in [9.17, 15) is 9.59 Å². The fourth-order valence-corrected chi connectivity index (χ4v) is 3.00. The summed E-state index contributed by atoms with van der Waals surface area (Å²) in [6, 6.07) is 10.9. The highest BCUT2D eigenvalue weighted by Crippen LogP contribution is 2.25. The third-order valence-electron chi connectivity index (χ3n) is 4.50. The van der Waals surface area contributed by atoms with Gasteiger partial charge >= 0.3 is 6.09 Å². The second-order valence-corrected chi connectivity index (χ2v) is 7.92. The van der Waals surface area contributed by atoms with Crippen LogP contribution in [0.15, 0.2) is 45.6 Å². The van der Waals surface area contributed by atoms with Crippen LogP contribution in [0.2, 0.25) is 0 Å². The number of fused-ring (bicyclic) bond motifs is 2. The number of carbonyl (C=O) groups is 1. The zero-order valence-electron chi connectivity index (χ0n) is 17.5. The maximum atomic E-state index is 12.8. The predicted octanol–water partition coefficient (Wildman–Crippen LogP) is 3.95. The van der Waals surface area contributed by atoms with E-state index in [-0.39, 0.29) is 5.43 Å². The molecule has 7 nitrogen and oxygen atoms in total. The van der Waals surface area contributed by atoms with Crippen LogP contribution in [0.3, 0.4) is 0 Å². The Labute approximate surface area is 169 Å². The van der Waals surface area contributed by atoms with Crippen LogP contribution in [-0.2, 0) is 4.74 Å². The summed E-state index contributed by atoms with van der Waals surface area (Å²) in [6.07, 6.45) is -0.442. The molecule has 0 aliphatic heterocycles. The van der Waals surface area contributed by atoms with Crippen molar-refractivity contribution in [3.8, 4) is 0 Å². The van der Waals surface area contributed by atoms with Crippen molar-refractivity contribution in [1.29, 1.82) is 0 Å². The summed E-state index contributed by atoms with van der Waals surface area (Å²) in [5, 5.41) is 6.88. The molecule has 0 unspecified atom stereocenters. The molecule has 2 N–H and O–H groups in total. The number of rotatable bonds is 5. The highest BCUT2D eigenvalue weighted by molar-refractivity contribution is 5.92. The predicted molar refractivity (Wildman–Crippen MR) is 117 cm³/mol. The molecule has 0 saturated heterocycles. The number of amides is 1. The van der Waals surface area contributed by atoms with Crippen molar-refractivity contribution in [3.05, 3.63) is 46.6 Å². The van der Waals surface area contributed by atoms with Crippen LogP contribution in [0.5, 0.6) is 0 Å². The SMILES string of the molecule is CNc1ccc2c(=O)c3ccc(N(C)CCNC(=O)OC(C)(C)C)cc3oc2c1. The third-order valence-corrected chi connectivity index (χ3v) is 4.50. The van der Waals surface area contributed by atoms with Gasteiger partial charge in [-0.05, 0) is 45.0 Å². The van der Waals surface area contributed by atoms with Gasteiger partial charge < -0.3 is 24.7 Å². The second kappa shape index (κ2) is 8.03. The van der Waals surface area contributed by atoms with E-state index in [2.05, 4.69) is 10.6 Å². The van der Waals surface area contributed by atoms with Crippen molar-refractivity contribution in [2.24, 2.45) is 0 Å². The molecular weight excluding hydrogens is 370 g/mol. The maximum absolute atomic E-state index is 12.8.